The van der Waals surface area contributed by atoms with Crippen LogP contribution in [0.2, 0.25) is 0 Å². The normalized spacial score (nSPS) is 10.7. The first-order valence-electron chi connectivity index (χ1n) is 30.3. The van der Waals surface area contributed by atoms with Crippen molar-refractivity contribution in [2.45, 2.75) is 7.43 Å². The summed E-state index contributed by atoms with van der Waals surface area (Å²) in [6, 6.07) is 117. The fourth-order valence-corrected chi connectivity index (χ4v) is 16.2. The molecule has 94 heavy (non-hydrogen) atoms. The summed E-state index contributed by atoms with van der Waals surface area (Å²) in [6.07, 6.45) is 0. The highest BCUT2D eigenvalue weighted by atomic mass is 79.9. The fraction of sp³-hybridized carbons (Fsp3) is 0.0118. The van der Waals surface area contributed by atoms with Crippen LogP contribution in [0.1, 0.15) is 7.43 Å². The first kappa shape index (κ1) is 66.8. The molecule has 0 aliphatic heterocycles. The second-order valence-electron chi connectivity index (χ2n) is 22.1. The van der Waals surface area contributed by atoms with Crippen molar-refractivity contribution in [1.82, 2.24) is 0 Å². The minimum atomic E-state index is -1.60. The molecule has 1 unspecified atom stereocenters. The molecule has 0 bridgehead atoms. The maximum Gasteiger partial charge on any atom is 0.499 e. The van der Waals surface area contributed by atoms with E-state index in [1.807, 2.05) is 96.3 Å². The van der Waals surface area contributed by atoms with Gasteiger partial charge in [0.2, 0.25) is 0 Å². The zero-order valence-corrected chi connectivity index (χ0v) is 58.3. The number of hydrogen-bond acceptors (Lipinski definition) is 4. The highest BCUT2D eigenvalue weighted by Gasteiger charge is 2.31. The molecule has 0 saturated heterocycles. The molecular formula is C85H65BBr3O2PS2. The van der Waals surface area contributed by atoms with Gasteiger partial charge in [-0.2, -0.15) is 9.90 Å². The lowest BCUT2D eigenvalue weighted by atomic mass is 9.80. The van der Waals surface area contributed by atoms with Crippen LogP contribution in [0.4, 0.5) is 0 Å². The summed E-state index contributed by atoms with van der Waals surface area (Å²) >= 11 is 10.4. The molecule has 0 saturated carbocycles. The Morgan fingerprint density at radius 3 is 0.766 bits per heavy atom. The van der Waals surface area contributed by atoms with Crippen molar-refractivity contribution in [1.29, 1.82) is 0 Å². The minimum Gasteiger partial charge on any atom is -0.423 e. The Morgan fingerprint density at radius 1 is 0.234 bits per heavy atom. The molecule has 0 spiro atoms. The standard InChI is InChI=1S/C42H27BrS.C36H25BO2S.C6H5Br.CH4.BrH.H3P/c43-32-22-14-21-31(27-32)41-38(29-17-6-2-7-18-29)39(30-19-8-3-9-20-30)42(44-41)40-35-25-12-10-23-33(35)37(28-15-4-1-5-16-28)34-24-11-13-26-36(34)40;38-37(39)36-33(26-18-8-3-9-19-26)32(25-16-6-2-7-17-25)35(40-36)34-29-22-12-10-20-27(29)31(24-14-4-1-5-15-24)28-21-11-13-23-30(28)34;7-6-4-2-1-3-5-6;;;/h1-27H;1-23,38-39H;1-5H;1H4;1H;1H3. The van der Waals surface area contributed by atoms with E-state index < -0.39 is 7.12 Å². The van der Waals surface area contributed by atoms with Gasteiger partial charge in [0.15, 0.2) is 0 Å². The van der Waals surface area contributed by atoms with Gasteiger partial charge in [0.25, 0.3) is 0 Å². The Kier molecular flexibility index (Phi) is 21.8. The summed E-state index contributed by atoms with van der Waals surface area (Å²) < 4.78 is 2.75. The molecular weight excluding hydrogens is 1400 g/mol. The number of thiophene rings is 2. The molecule has 2 nitrogen and oxygen atoms in total. The molecule has 1 atom stereocenters. The lowest BCUT2D eigenvalue weighted by Gasteiger charge is -2.18. The van der Waals surface area contributed by atoms with Crippen LogP contribution in [0.15, 0.2) is 343 Å². The Balaban J connectivity index is 0.000000169. The van der Waals surface area contributed by atoms with Gasteiger partial charge in [-0.25, -0.2) is 0 Å². The van der Waals surface area contributed by atoms with Gasteiger partial charge in [0, 0.05) is 61.7 Å². The average molecular weight is 1460 g/mol. The molecule has 0 radical (unpaired) electrons. The first-order chi connectivity index (χ1) is 44.9. The number of fused-ring (bicyclic) bond motifs is 4. The summed E-state index contributed by atoms with van der Waals surface area (Å²) in [5.74, 6) is 0. The zero-order valence-electron chi connectivity index (χ0n) is 50.4. The van der Waals surface area contributed by atoms with Gasteiger partial charge < -0.3 is 10.0 Å². The van der Waals surface area contributed by atoms with Gasteiger partial charge in [-0.1, -0.05) is 349 Å². The van der Waals surface area contributed by atoms with Crippen molar-refractivity contribution in [3.05, 3.63) is 343 Å². The lowest BCUT2D eigenvalue weighted by Crippen LogP contribution is -2.28. The quantitative estimate of drug-likeness (QED) is 0.0814. The van der Waals surface area contributed by atoms with E-state index in [1.54, 1.807) is 0 Å². The second-order valence-corrected chi connectivity index (χ2v) is 26.0. The third kappa shape index (κ3) is 13.4. The van der Waals surface area contributed by atoms with Crippen molar-refractivity contribution in [2.75, 3.05) is 0 Å². The maximum absolute atomic E-state index is 10.7. The molecule has 9 heteroatoms. The number of benzene rings is 14. The van der Waals surface area contributed by atoms with E-state index >= 15 is 0 Å². The predicted molar refractivity (Wildman–Crippen MR) is 427 cm³/mol. The highest BCUT2D eigenvalue weighted by molar-refractivity contribution is 9.10. The van der Waals surface area contributed by atoms with Gasteiger partial charge >= 0.3 is 7.12 Å². The van der Waals surface area contributed by atoms with Crippen LogP contribution in [0.5, 0.6) is 0 Å². The summed E-state index contributed by atoms with van der Waals surface area (Å²) in [4.78, 5) is 3.59. The van der Waals surface area contributed by atoms with Gasteiger partial charge in [-0.05, 0) is 117 Å². The third-order valence-corrected chi connectivity index (χ3v) is 20.1. The molecule has 2 aromatic heterocycles. The maximum atomic E-state index is 10.7. The van der Waals surface area contributed by atoms with Gasteiger partial charge in [0.1, 0.15) is 0 Å². The SMILES string of the molecule is Br.Brc1cccc(-c2sc(-c3c4ccccc4c(-c4ccccc4)c4ccccc34)c(-c3ccccc3)c2-c2ccccc2)c1.Brc1ccccc1.C.OB(O)c1sc(-c2c3ccccc3c(-c3ccccc3)c3ccccc23)c(-c2ccccc2)c1-c1ccccc1.P. The van der Waals surface area contributed by atoms with Crippen molar-refractivity contribution in [3.63, 3.8) is 0 Å². The Hall–Kier alpha value is -8.63. The van der Waals surface area contributed by atoms with Gasteiger partial charge in [0.05, 0.1) is 0 Å². The Bertz CT molecular complexity index is 5100. The lowest BCUT2D eigenvalue weighted by molar-refractivity contribution is 0.427. The van der Waals surface area contributed by atoms with Crippen molar-refractivity contribution < 1.29 is 10.0 Å². The molecule has 14 aromatic carbocycles. The molecule has 0 aliphatic rings. The summed E-state index contributed by atoms with van der Waals surface area (Å²) in [7, 11) is -1.60. The topological polar surface area (TPSA) is 40.5 Å². The molecule has 0 amide bonds. The van der Waals surface area contributed by atoms with Crippen LogP contribution >= 0.6 is 81.4 Å². The second kappa shape index (κ2) is 30.6. The van der Waals surface area contributed by atoms with E-state index in [-0.39, 0.29) is 34.3 Å². The van der Waals surface area contributed by atoms with Crippen LogP contribution in [-0.4, -0.2) is 17.2 Å². The number of hydrogen-bond donors (Lipinski definition) is 2. The fourth-order valence-electron chi connectivity index (χ4n) is 12.8. The van der Waals surface area contributed by atoms with Crippen molar-refractivity contribution >= 4 is 136 Å². The average Bonchev–Trinajstić information content (AvgIpc) is 1.37. The van der Waals surface area contributed by atoms with Crippen LogP contribution in [-0.2, 0) is 0 Å². The molecule has 16 aromatic rings. The Labute approximate surface area is 589 Å². The van der Waals surface area contributed by atoms with Crippen LogP contribution in [0, 0.1) is 0 Å². The highest BCUT2D eigenvalue weighted by Crippen LogP contribution is 2.56. The van der Waals surface area contributed by atoms with Gasteiger partial charge in [-0.3, -0.25) is 0 Å². The number of halogens is 3. The summed E-state index contributed by atoms with van der Waals surface area (Å²) in [5, 5.41) is 31.0. The van der Waals surface area contributed by atoms with E-state index in [4.69, 9.17) is 0 Å². The first-order valence-corrected chi connectivity index (χ1v) is 33.5. The van der Waals surface area contributed by atoms with Gasteiger partial charge in [-0.15, -0.1) is 39.7 Å². The summed E-state index contributed by atoms with van der Waals surface area (Å²) in [6.45, 7) is 0. The molecule has 16 rings (SSSR count). The predicted octanol–water partition coefficient (Wildman–Crippen LogP) is 25.3. The van der Waals surface area contributed by atoms with Crippen molar-refractivity contribution in [2.24, 2.45) is 0 Å². The van der Waals surface area contributed by atoms with Crippen molar-refractivity contribution in [3.8, 4) is 98.1 Å². The third-order valence-electron chi connectivity index (χ3n) is 16.6. The zero-order chi connectivity index (χ0) is 61.6. The van der Waals surface area contributed by atoms with Crippen LogP contribution in [0.3, 0.4) is 0 Å². The molecule has 458 valence electrons. The molecule has 2 heterocycles. The number of rotatable bonds is 10. The van der Waals surface area contributed by atoms with E-state index in [2.05, 4.69) is 281 Å². The monoisotopic (exact) mass is 1460 g/mol. The van der Waals surface area contributed by atoms with Crippen LogP contribution in [0.25, 0.3) is 141 Å². The minimum absolute atomic E-state index is 0. The Morgan fingerprint density at radius 2 is 0.468 bits per heavy atom. The van der Waals surface area contributed by atoms with E-state index in [0.29, 0.717) is 4.78 Å². The van der Waals surface area contributed by atoms with E-state index in [0.717, 1.165) is 52.4 Å². The summed E-state index contributed by atoms with van der Waals surface area (Å²) in [5.41, 5.74) is 17.4. The molecule has 0 aliphatic carbocycles. The van der Waals surface area contributed by atoms with E-state index in [1.165, 1.54) is 109 Å². The molecule has 0 fully saturated rings. The smallest absolute Gasteiger partial charge is 0.423 e. The van der Waals surface area contributed by atoms with E-state index in [9.17, 15) is 10.0 Å². The molecule has 2 N–H and O–H groups in total. The largest absolute Gasteiger partial charge is 0.499 e. The van der Waals surface area contributed by atoms with Crippen LogP contribution < -0.4 is 4.78 Å².